The van der Waals surface area contributed by atoms with Crippen molar-refractivity contribution in [3.63, 3.8) is 0 Å². The summed E-state index contributed by atoms with van der Waals surface area (Å²) in [6.07, 6.45) is 1.12. The van der Waals surface area contributed by atoms with Gasteiger partial charge in [0, 0.05) is 26.2 Å². The summed E-state index contributed by atoms with van der Waals surface area (Å²) in [7, 11) is 2.16. The molecular formula is C11H22N2O2. The number of hydrogen-bond donors (Lipinski definition) is 1. The molecule has 0 aromatic heterocycles. The predicted molar refractivity (Wildman–Crippen MR) is 59.1 cm³/mol. The fraction of sp³-hybridized carbons (Fsp3) is 1.00. The SMILES string of the molecule is CCOCC1NCCOC12CCN(C)C2. The second-order valence-corrected chi connectivity index (χ2v) is 4.57. The van der Waals surface area contributed by atoms with Crippen molar-refractivity contribution < 1.29 is 9.47 Å². The lowest BCUT2D eigenvalue weighted by molar-refractivity contribution is -0.104. The number of ether oxygens (including phenoxy) is 2. The van der Waals surface area contributed by atoms with Gasteiger partial charge in [0.15, 0.2) is 0 Å². The van der Waals surface area contributed by atoms with E-state index >= 15 is 0 Å². The fourth-order valence-electron chi connectivity index (χ4n) is 2.62. The molecule has 0 saturated carbocycles. The smallest absolute Gasteiger partial charge is 0.0995 e. The van der Waals surface area contributed by atoms with Gasteiger partial charge in [0.2, 0.25) is 0 Å². The van der Waals surface area contributed by atoms with Crippen LogP contribution in [0.5, 0.6) is 0 Å². The van der Waals surface area contributed by atoms with Crippen LogP contribution >= 0.6 is 0 Å². The molecule has 2 aliphatic heterocycles. The minimum Gasteiger partial charge on any atom is -0.380 e. The highest BCUT2D eigenvalue weighted by molar-refractivity contribution is 5.02. The van der Waals surface area contributed by atoms with Crippen LogP contribution in [0.1, 0.15) is 13.3 Å². The van der Waals surface area contributed by atoms with Gasteiger partial charge < -0.3 is 19.7 Å². The average molecular weight is 214 g/mol. The van der Waals surface area contributed by atoms with Crippen LogP contribution in [0.2, 0.25) is 0 Å². The van der Waals surface area contributed by atoms with E-state index in [4.69, 9.17) is 9.47 Å². The molecule has 88 valence electrons. The van der Waals surface area contributed by atoms with Crippen molar-refractivity contribution in [2.75, 3.05) is 46.5 Å². The van der Waals surface area contributed by atoms with Crippen LogP contribution in [-0.2, 0) is 9.47 Å². The maximum Gasteiger partial charge on any atom is 0.0995 e. The molecule has 2 heterocycles. The summed E-state index contributed by atoms with van der Waals surface area (Å²) in [6.45, 7) is 7.52. The first-order valence-electron chi connectivity index (χ1n) is 5.90. The second-order valence-electron chi connectivity index (χ2n) is 4.57. The molecular weight excluding hydrogens is 192 g/mol. The Labute approximate surface area is 91.9 Å². The first-order valence-corrected chi connectivity index (χ1v) is 5.90. The van der Waals surface area contributed by atoms with Crippen molar-refractivity contribution in [3.8, 4) is 0 Å². The third-order valence-electron chi connectivity index (χ3n) is 3.46. The van der Waals surface area contributed by atoms with Gasteiger partial charge in [-0.25, -0.2) is 0 Å². The standard InChI is InChI=1S/C11H22N2O2/c1-3-14-8-10-11(15-7-5-12-10)4-6-13(2)9-11/h10,12H,3-9H2,1-2H3. The highest BCUT2D eigenvalue weighted by Gasteiger charge is 2.46. The molecule has 0 aromatic carbocycles. The molecule has 0 bridgehead atoms. The zero-order valence-corrected chi connectivity index (χ0v) is 9.79. The third kappa shape index (κ3) is 2.33. The zero-order chi connectivity index (χ0) is 10.7. The minimum absolute atomic E-state index is 0.00215. The van der Waals surface area contributed by atoms with Crippen LogP contribution in [0.25, 0.3) is 0 Å². The topological polar surface area (TPSA) is 33.7 Å². The number of likely N-dealkylation sites (tertiary alicyclic amines) is 1. The van der Waals surface area contributed by atoms with Crippen molar-refractivity contribution >= 4 is 0 Å². The molecule has 0 amide bonds. The summed E-state index contributed by atoms with van der Waals surface area (Å²) in [5.41, 5.74) is 0.00215. The van der Waals surface area contributed by atoms with Crippen molar-refractivity contribution in [1.82, 2.24) is 10.2 Å². The number of nitrogens with zero attached hydrogens (tertiary/aromatic N) is 1. The lowest BCUT2D eigenvalue weighted by Crippen LogP contribution is -2.61. The Hall–Kier alpha value is -0.160. The van der Waals surface area contributed by atoms with Crippen LogP contribution in [0.4, 0.5) is 0 Å². The molecule has 2 unspecified atom stereocenters. The summed E-state index contributed by atoms with van der Waals surface area (Å²) in [5, 5.41) is 3.53. The van der Waals surface area contributed by atoms with Gasteiger partial charge in [-0.2, -0.15) is 0 Å². The van der Waals surface area contributed by atoms with Crippen molar-refractivity contribution in [2.24, 2.45) is 0 Å². The Bertz CT molecular complexity index is 209. The van der Waals surface area contributed by atoms with Crippen molar-refractivity contribution in [3.05, 3.63) is 0 Å². The molecule has 1 spiro atoms. The Morgan fingerprint density at radius 2 is 2.47 bits per heavy atom. The van der Waals surface area contributed by atoms with E-state index in [2.05, 4.69) is 17.3 Å². The molecule has 2 fully saturated rings. The van der Waals surface area contributed by atoms with Crippen LogP contribution in [0, 0.1) is 0 Å². The van der Waals surface area contributed by atoms with Crippen LogP contribution in [0.3, 0.4) is 0 Å². The monoisotopic (exact) mass is 214 g/mol. The Morgan fingerprint density at radius 1 is 1.60 bits per heavy atom. The second kappa shape index (κ2) is 4.78. The Morgan fingerprint density at radius 3 is 3.13 bits per heavy atom. The van der Waals surface area contributed by atoms with Crippen LogP contribution in [0.15, 0.2) is 0 Å². The van der Waals surface area contributed by atoms with E-state index < -0.39 is 0 Å². The first-order chi connectivity index (χ1) is 7.27. The number of likely N-dealkylation sites (N-methyl/N-ethyl adjacent to an activating group) is 1. The molecule has 15 heavy (non-hydrogen) atoms. The van der Waals surface area contributed by atoms with Crippen molar-refractivity contribution in [1.29, 1.82) is 0 Å². The molecule has 1 N–H and O–H groups in total. The quantitative estimate of drug-likeness (QED) is 0.722. The summed E-state index contributed by atoms with van der Waals surface area (Å²) in [6, 6.07) is 0.358. The lowest BCUT2D eigenvalue weighted by Gasteiger charge is -2.41. The van der Waals surface area contributed by atoms with Crippen LogP contribution in [-0.4, -0.2) is 63.0 Å². The average Bonchev–Trinajstić information content (AvgIpc) is 2.60. The van der Waals surface area contributed by atoms with Crippen LogP contribution < -0.4 is 5.32 Å². The molecule has 0 radical (unpaired) electrons. The van der Waals surface area contributed by atoms with E-state index in [0.29, 0.717) is 6.04 Å². The first kappa shape index (κ1) is 11.3. The predicted octanol–water partition coefficient (Wildman–Crippen LogP) is 0.0856. The third-order valence-corrected chi connectivity index (χ3v) is 3.46. The molecule has 4 nitrogen and oxygen atoms in total. The van der Waals surface area contributed by atoms with Gasteiger partial charge in [0.05, 0.1) is 24.9 Å². The van der Waals surface area contributed by atoms with Gasteiger partial charge in [0.1, 0.15) is 0 Å². The maximum absolute atomic E-state index is 6.02. The summed E-state index contributed by atoms with van der Waals surface area (Å²) < 4.78 is 11.6. The molecule has 0 aromatic rings. The van der Waals surface area contributed by atoms with Gasteiger partial charge in [0.25, 0.3) is 0 Å². The molecule has 2 saturated heterocycles. The van der Waals surface area contributed by atoms with Gasteiger partial charge in [-0.3, -0.25) is 0 Å². The maximum atomic E-state index is 6.02. The summed E-state index contributed by atoms with van der Waals surface area (Å²) in [4.78, 5) is 2.34. The van der Waals surface area contributed by atoms with E-state index in [-0.39, 0.29) is 5.60 Å². The number of morpholine rings is 1. The zero-order valence-electron chi connectivity index (χ0n) is 9.79. The number of nitrogens with one attached hydrogen (secondary N) is 1. The van der Waals surface area contributed by atoms with E-state index in [9.17, 15) is 0 Å². The molecule has 0 aliphatic carbocycles. The minimum atomic E-state index is 0.00215. The largest absolute Gasteiger partial charge is 0.380 e. The molecule has 2 atom stereocenters. The molecule has 2 aliphatic rings. The molecule has 4 heteroatoms. The summed E-state index contributed by atoms with van der Waals surface area (Å²) in [5.74, 6) is 0. The van der Waals surface area contributed by atoms with Gasteiger partial charge in [-0.1, -0.05) is 0 Å². The fourth-order valence-corrected chi connectivity index (χ4v) is 2.62. The van der Waals surface area contributed by atoms with Gasteiger partial charge in [-0.15, -0.1) is 0 Å². The van der Waals surface area contributed by atoms with Crippen molar-refractivity contribution in [2.45, 2.75) is 25.0 Å². The number of rotatable bonds is 3. The highest BCUT2D eigenvalue weighted by Crippen LogP contribution is 2.30. The molecule has 2 rings (SSSR count). The van der Waals surface area contributed by atoms with Gasteiger partial charge in [-0.05, 0) is 20.4 Å². The van der Waals surface area contributed by atoms with E-state index in [1.165, 1.54) is 0 Å². The van der Waals surface area contributed by atoms with E-state index in [1.54, 1.807) is 0 Å². The summed E-state index contributed by atoms with van der Waals surface area (Å²) >= 11 is 0. The number of hydrogen-bond acceptors (Lipinski definition) is 4. The Kier molecular flexibility index (Phi) is 3.61. The van der Waals surface area contributed by atoms with E-state index in [0.717, 1.165) is 45.9 Å². The van der Waals surface area contributed by atoms with Gasteiger partial charge >= 0.3 is 0 Å². The normalized spacial score (nSPS) is 37.6. The lowest BCUT2D eigenvalue weighted by atomic mass is 9.92. The highest BCUT2D eigenvalue weighted by atomic mass is 16.5. The Balaban J connectivity index is 1.99. The van der Waals surface area contributed by atoms with E-state index in [1.807, 2.05) is 6.92 Å².